The molecule has 0 bridgehead atoms. The molecule has 0 spiro atoms. The number of ketones is 1. The number of aliphatic hydroxyl groups is 1. The lowest BCUT2D eigenvalue weighted by Crippen LogP contribution is -2.16. The normalized spacial score (nSPS) is 44.1. The van der Waals surface area contributed by atoms with Crippen LogP contribution in [0.2, 0.25) is 0 Å². The summed E-state index contributed by atoms with van der Waals surface area (Å²) in [5.74, 6) is 0.974. The van der Waals surface area contributed by atoms with Crippen LogP contribution in [0.4, 0.5) is 0 Å². The number of rotatable bonds is 0. The third-order valence-electron chi connectivity index (χ3n) is 2.92. The lowest BCUT2D eigenvalue weighted by atomic mass is 9.98. The van der Waals surface area contributed by atoms with E-state index in [-0.39, 0.29) is 12.0 Å². The highest BCUT2D eigenvalue weighted by molar-refractivity contribution is 5.83. The van der Waals surface area contributed by atoms with Gasteiger partial charge in [0.15, 0.2) is 0 Å². The summed E-state index contributed by atoms with van der Waals surface area (Å²) < 4.78 is 0. The van der Waals surface area contributed by atoms with Crippen molar-refractivity contribution in [1.82, 2.24) is 0 Å². The molecule has 62 valence electrons. The molecule has 2 heteroatoms. The van der Waals surface area contributed by atoms with Gasteiger partial charge >= 0.3 is 0 Å². The molecule has 1 N–H and O–H groups in total. The standard InChI is InChI=1S/C9H14O2/c10-8-3-1-2-4-9(11)7-5-6(7)8/h6-8,10H,1-5H2. The molecule has 0 aromatic rings. The predicted molar refractivity (Wildman–Crippen MR) is 41.1 cm³/mol. The van der Waals surface area contributed by atoms with Crippen molar-refractivity contribution in [2.24, 2.45) is 11.8 Å². The van der Waals surface area contributed by atoms with Gasteiger partial charge in [-0.15, -0.1) is 0 Å². The largest absolute Gasteiger partial charge is 0.393 e. The van der Waals surface area contributed by atoms with Crippen LogP contribution in [0.3, 0.4) is 0 Å². The van der Waals surface area contributed by atoms with Crippen molar-refractivity contribution in [2.45, 2.75) is 38.2 Å². The SMILES string of the molecule is O=C1CCCCC(O)C2CC12. The summed E-state index contributed by atoms with van der Waals surface area (Å²) in [4.78, 5) is 11.2. The molecule has 2 rings (SSSR count). The Kier molecular flexibility index (Phi) is 1.72. The van der Waals surface area contributed by atoms with E-state index in [1.165, 1.54) is 0 Å². The molecule has 3 atom stereocenters. The zero-order valence-electron chi connectivity index (χ0n) is 6.62. The first kappa shape index (κ1) is 7.29. The van der Waals surface area contributed by atoms with Crippen LogP contribution >= 0.6 is 0 Å². The number of aliphatic hydroxyl groups excluding tert-OH is 1. The van der Waals surface area contributed by atoms with Crippen LogP contribution < -0.4 is 0 Å². The van der Waals surface area contributed by atoms with Gasteiger partial charge in [0, 0.05) is 12.3 Å². The molecule has 0 saturated heterocycles. The Morgan fingerprint density at radius 3 is 3.00 bits per heavy atom. The van der Waals surface area contributed by atoms with Gasteiger partial charge in [0.25, 0.3) is 0 Å². The quantitative estimate of drug-likeness (QED) is 0.568. The molecule has 0 aromatic heterocycles. The van der Waals surface area contributed by atoms with Gasteiger partial charge in [-0.1, -0.05) is 6.42 Å². The molecule has 11 heavy (non-hydrogen) atoms. The molecule has 2 aliphatic carbocycles. The Balaban J connectivity index is 2.00. The maximum atomic E-state index is 11.2. The number of hydrogen-bond donors (Lipinski definition) is 1. The first-order chi connectivity index (χ1) is 5.29. The zero-order chi connectivity index (χ0) is 7.84. The Morgan fingerprint density at radius 2 is 2.18 bits per heavy atom. The van der Waals surface area contributed by atoms with E-state index in [2.05, 4.69) is 0 Å². The number of Topliss-reactive ketones (excluding diaryl/α,β-unsaturated/α-hetero) is 1. The molecule has 2 saturated carbocycles. The van der Waals surface area contributed by atoms with E-state index in [4.69, 9.17) is 0 Å². The molecule has 0 radical (unpaired) electrons. The number of hydrogen-bond acceptors (Lipinski definition) is 2. The fraction of sp³-hybridized carbons (Fsp3) is 0.889. The first-order valence-electron chi connectivity index (χ1n) is 4.50. The fourth-order valence-electron chi connectivity index (χ4n) is 2.06. The van der Waals surface area contributed by atoms with E-state index in [9.17, 15) is 9.90 Å². The Morgan fingerprint density at radius 1 is 1.36 bits per heavy atom. The van der Waals surface area contributed by atoms with Crippen molar-refractivity contribution in [3.8, 4) is 0 Å². The highest BCUT2D eigenvalue weighted by Gasteiger charge is 2.46. The van der Waals surface area contributed by atoms with Crippen LogP contribution in [-0.4, -0.2) is 17.0 Å². The van der Waals surface area contributed by atoms with Crippen LogP contribution in [-0.2, 0) is 4.79 Å². The topological polar surface area (TPSA) is 37.3 Å². The van der Waals surface area contributed by atoms with E-state index >= 15 is 0 Å². The second-order valence-electron chi connectivity index (χ2n) is 3.79. The van der Waals surface area contributed by atoms with Gasteiger partial charge in [-0.3, -0.25) is 4.79 Å². The zero-order valence-corrected chi connectivity index (χ0v) is 6.62. The van der Waals surface area contributed by atoms with E-state index < -0.39 is 0 Å². The minimum Gasteiger partial charge on any atom is -0.393 e. The van der Waals surface area contributed by atoms with Crippen molar-refractivity contribution in [3.05, 3.63) is 0 Å². The maximum absolute atomic E-state index is 11.2. The summed E-state index contributed by atoms with van der Waals surface area (Å²) in [6.07, 6.45) is 4.46. The highest BCUT2D eigenvalue weighted by atomic mass is 16.3. The molecule has 0 amide bonds. The minimum atomic E-state index is -0.177. The number of carbonyl (C=O) groups is 1. The molecule has 0 heterocycles. The van der Waals surface area contributed by atoms with Gasteiger partial charge in [0.05, 0.1) is 6.10 Å². The van der Waals surface area contributed by atoms with E-state index in [1.807, 2.05) is 0 Å². The minimum absolute atomic E-state index is 0.177. The van der Waals surface area contributed by atoms with Crippen molar-refractivity contribution in [1.29, 1.82) is 0 Å². The van der Waals surface area contributed by atoms with Gasteiger partial charge in [0.2, 0.25) is 0 Å². The lowest BCUT2D eigenvalue weighted by molar-refractivity contribution is -0.121. The molecular weight excluding hydrogens is 140 g/mol. The Hall–Kier alpha value is -0.370. The van der Waals surface area contributed by atoms with Crippen molar-refractivity contribution in [2.75, 3.05) is 0 Å². The molecule has 2 aliphatic rings. The van der Waals surface area contributed by atoms with Gasteiger partial charge in [-0.05, 0) is 25.2 Å². The van der Waals surface area contributed by atoms with Crippen LogP contribution in [0.25, 0.3) is 0 Å². The van der Waals surface area contributed by atoms with Crippen molar-refractivity contribution < 1.29 is 9.90 Å². The average Bonchev–Trinajstić information content (AvgIpc) is 2.73. The highest BCUT2D eigenvalue weighted by Crippen LogP contribution is 2.45. The van der Waals surface area contributed by atoms with Crippen LogP contribution in [0, 0.1) is 11.8 Å². The van der Waals surface area contributed by atoms with Gasteiger partial charge in [0.1, 0.15) is 5.78 Å². The summed E-state index contributed by atoms with van der Waals surface area (Å²) in [7, 11) is 0. The van der Waals surface area contributed by atoms with Crippen LogP contribution in [0.1, 0.15) is 32.1 Å². The van der Waals surface area contributed by atoms with E-state index in [1.54, 1.807) is 0 Å². The number of carbonyl (C=O) groups excluding carboxylic acids is 1. The van der Waals surface area contributed by atoms with Crippen molar-refractivity contribution >= 4 is 5.78 Å². The van der Waals surface area contributed by atoms with Gasteiger partial charge in [-0.2, -0.15) is 0 Å². The molecule has 2 nitrogen and oxygen atoms in total. The second-order valence-corrected chi connectivity index (χ2v) is 3.79. The van der Waals surface area contributed by atoms with Gasteiger partial charge in [-0.25, -0.2) is 0 Å². The third kappa shape index (κ3) is 1.32. The molecular formula is C9H14O2. The fourth-order valence-corrected chi connectivity index (χ4v) is 2.06. The van der Waals surface area contributed by atoms with E-state index in [0.29, 0.717) is 11.7 Å². The predicted octanol–water partition coefficient (Wildman–Crippen LogP) is 1.13. The lowest BCUT2D eigenvalue weighted by Gasteiger charge is -2.12. The molecule has 0 aromatic carbocycles. The maximum Gasteiger partial charge on any atom is 0.136 e. The van der Waals surface area contributed by atoms with Gasteiger partial charge < -0.3 is 5.11 Å². The van der Waals surface area contributed by atoms with Crippen LogP contribution in [0.15, 0.2) is 0 Å². The van der Waals surface area contributed by atoms with E-state index in [0.717, 1.165) is 32.1 Å². The second kappa shape index (κ2) is 2.59. The smallest absolute Gasteiger partial charge is 0.136 e. The molecule has 3 unspecified atom stereocenters. The van der Waals surface area contributed by atoms with Crippen LogP contribution in [0.5, 0.6) is 0 Å². The first-order valence-corrected chi connectivity index (χ1v) is 4.50. The Labute approximate surface area is 66.6 Å². The summed E-state index contributed by atoms with van der Waals surface area (Å²) in [6, 6.07) is 0. The summed E-state index contributed by atoms with van der Waals surface area (Å²) in [5, 5.41) is 9.49. The molecule has 2 fully saturated rings. The average molecular weight is 154 g/mol. The summed E-state index contributed by atoms with van der Waals surface area (Å²) >= 11 is 0. The van der Waals surface area contributed by atoms with Crippen molar-refractivity contribution in [3.63, 3.8) is 0 Å². The number of fused-ring (bicyclic) bond motifs is 1. The molecule has 0 aliphatic heterocycles. The third-order valence-corrected chi connectivity index (χ3v) is 2.92. The summed E-state index contributed by atoms with van der Waals surface area (Å²) in [6.45, 7) is 0. The Bertz CT molecular complexity index is 176. The monoisotopic (exact) mass is 154 g/mol. The summed E-state index contributed by atoms with van der Waals surface area (Å²) in [5.41, 5.74) is 0.